The summed E-state index contributed by atoms with van der Waals surface area (Å²) < 4.78 is 4.88. The number of urea groups is 1. The molecule has 0 atom stereocenters. The second-order valence-corrected chi connectivity index (χ2v) is 3.35. The Bertz CT molecular complexity index is 151. The Morgan fingerprint density at radius 2 is 2.14 bits per heavy atom. The number of rotatable bonds is 7. The van der Waals surface area contributed by atoms with Crippen LogP contribution in [-0.4, -0.2) is 44.8 Å². The van der Waals surface area contributed by atoms with Crippen molar-refractivity contribution in [3.63, 3.8) is 0 Å². The molecule has 0 aliphatic carbocycles. The lowest BCUT2D eigenvalue weighted by Gasteiger charge is -2.17. The summed E-state index contributed by atoms with van der Waals surface area (Å²) in [5.41, 5.74) is 0. The second-order valence-electron chi connectivity index (χ2n) is 3.35. The molecule has 0 aromatic rings. The van der Waals surface area contributed by atoms with Crippen molar-refractivity contribution in [2.24, 2.45) is 0 Å². The van der Waals surface area contributed by atoms with Crippen LogP contribution in [0.5, 0.6) is 0 Å². The molecule has 14 heavy (non-hydrogen) atoms. The number of ether oxygens (including phenoxy) is 1. The molecular weight excluding hydrogens is 180 g/mol. The Morgan fingerprint density at radius 1 is 1.43 bits per heavy atom. The molecule has 4 nitrogen and oxygen atoms in total. The average molecular weight is 202 g/mol. The van der Waals surface area contributed by atoms with Gasteiger partial charge in [-0.1, -0.05) is 19.8 Å². The minimum atomic E-state index is -0.0156. The molecule has 0 aliphatic rings. The molecule has 0 fully saturated rings. The van der Waals surface area contributed by atoms with Crippen molar-refractivity contribution in [3.05, 3.63) is 0 Å². The fourth-order valence-electron chi connectivity index (χ4n) is 1.04. The highest BCUT2D eigenvalue weighted by molar-refractivity contribution is 5.73. The van der Waals surface area contributed by atoms with E-state index in [1.54, 1.807) is 19.1 Å². The van der Waals surface area contributed by atoms with Gasteiger partial charge in [0.2, 0.25) is 0 Å². The number of amides is 2. The smallest absolute Gasteiger partial charge is 0.317 e. The molecular formula is C10H22N2O2. The predicted octanol–water partition coefficient (Wildman–Crippen LogP) is 1.46. The molecule has 0 spiro atoms. The Kier molecular flexibility index (Phi) is 8.33. The standard InChI is InChI=1S/C10H22N2O2/c1-4-5-6-7-11-10(13)12(2)8-9-14-3/h4-9H2,1-3H3,(H,11,13). The minimum Gasteiger partial charge on any atom is -0.383 e. The minimum absolute atomic E-state index is 0.0156. The molecule has 0 saturated heterocycles. The molecule has 0 heterocycles. The molecule has 0 unspecified atom stereocenters. The van der Waals surface area contributed by atoms with Crippen LogP contribution in [0.15, 0.2) is 0 Å². The summed E-state index contributed by atoms with van der Waals surface area (Å²) in [5.74, 6) is 0. The van der Waals surface area contributed by atoms with E-state index in [9.17, 15) is 4.79 Å². The molecule has 0 aromatic carbocycles. The lowest BCUT2D eigenvalue weighted by atomic mass is 10.2. The Morgan fingerprint density at radius 3 is 2.71 bits per heavy atom. The first-order valence-corrected chi connectivity index (χ1v) is 5.20. The highest BCUT2D eigenvalue weighted by Crippen LogP contribution is 1.92. The van der Waals surface area contributed by atoms with Gasteiger partial charge in [-0.25, -0.2) is 4.79 Å². The van der Waals surface area contributed by atoms with Crippen LogP contribution in [0.1, 0.15) is 26.2 Å². The van der Waals surface area contributed by atoms with Gasteiger partial charge in [0, 0.05) is 27.2 Å². The fraction of sp³-hybridized carbons (Fsp3) is 0.900. The zero-order valence-corrected chi connectivity index (χ0v) is 9.51. The molecule has 4 heteroatoms. The second kappa shape index (κ2) is 8.81. The molecule has 0 saturated carbocycles. The van der Waals surface area contributed by atoms with Gasteiger partial charge in [0.25, 0.3) is 0 Å². The Labute approximate surface area is 86.6 Å². The lowest BCUT2D eigenvalue weighted by Crippen LogP contribution is -2.39. The first-order chi connectivity index (χ1) is 6.72. The largest absolute Gasteiger partial charge is 0.383 e. The third-order valence-electron chi connectivity index (χ3n) is 2.03. The van der Waals surface area contributed by atoms with Crippen molar-refractivity contribution in [3.8, 4) is 0 Å². The van der Waals surface area contributed by atoms with Crippen molar-refractivity contribution >= 4 is 6.03 Å². The monoisotopic (exact) mass is 202 g/mol. The molecule has 0 radical (unpaired) electrons. The molecule has 1 N–H and O–H groups in total. The van der Waals surface area contributed by atoms with Gasteiger partial charge in [0.05, 0.1) is 6.61 Å². The van der Waals surface area contributed by atoms with Crippen LogP contribution in [0.2, 0.25) is 0 Å². The van der Waals surface area contributed by atoms with Crippen molar-refractivity contribution in [1.29, 1.82) is 0 Å². The maximum absolute atomic E-state index is 11.4. The number of hydrogen-bond donors (Lipinski definition) is 1. The fourth-order valence-corrected chi connectivity index (χ4v) is 1.04. The van der Waals surface area contributed by atoms with E-state index in [0.29, 0.717) is 13.2 Å². The van der Waals surface area contributed by atoms with E-state index in [2.05, 4.69) is 12.2 Å². The number of carbonyl (C=O) groups excluding carboxylic acids is 1. The number of methoxy groups -OCH3 is 1. The van der Waals surface area contributed by atoms with E-state index in [-0.39, 0.29) is 6.03 Å². The van der Waals surface area contributed by atoms with Crippen LogP contribution < -0.4 is 5.32 Å². The molecule has 0 bridgehead atoms. The van der Waals surface area contributed by atoms with Crippen LogP contribution in [0.4, 0.5) is 4.79 Å². The van der Waals surface area contributed by atoms with Crippen LogP contribution >= 0.6 is 0 Å². The summed E-state index contributed by atoms with van der Waals surface area (Å²) in [6, 6.07) is -0.0156. The van der Waals surface area contributed by atoms with Gasteiger partial charge in [0.15, 0.2) is 0 Å². The van der Waals surface area contributed by atoms with Gasteiger partial charge >= 0.3 is 6.03 Å². The van der Waals surface area contributed by atoms with E-state index >= 15 is 0 Å². The van der Waals surface area contributed by atoms with Crippen molar-refractivity contribution in [2.75, 3.05) is 33.9 Å². The predicted molar refractivity (Wildman–Crippen MR) is 57.4 cm³/mol. The first kappa shape index (κ1) is 13.2. The third-order valence-corrected chi connectivity index (χ3v) is 2.03. The molecule has 2 amide bonds. The number of nitrogens with zero attached hydrogens (tertiary/aromatic N) is 1. The highest BCUT2D eigenvalue weighted by Gasteiger charge is 2.05. The normalized spacial score (nSPS) is 9.93. The Balaban J connectivity index is 3.42. The van der Waals surface area contributed by atoms with E-state index in [0.717, 1.165) is 13.0 Å². The van der Waals surface area contributed by atoms with Gasteiger partial charge in [-0.05, 0) is 6.42 Å². The first-order valence-electron chi connectivity index (χ1n) is 5.20. The van der Waals surface area contributed by atoms with E-state index in [1.165, 1.54) is 12.8 Å². The van der Waals surface area contributed by atoms with Gasteiger partial charge in [-0.3, -0.25) is 0 Å². The summed E-state index contributed by atoms with van der Waals surface area (Å²) in [7, 11) is 3.40. The summed E-state index contributed by atoms with van der Waals surface area (Å²) >= 11 is 0. The van der Waals surface area contributed by atoms with Crippen LogP contribution in [0.3, 0.4) is 0 Å². The molecule has 84 valence electrons. The van der Waals surface area contributed by atoms with E-state index < -0.39 is 0 Å². The number of carbonyl (C=O) groups is 1. The van der Waals surface area contributed by atoms with Crippen LogP contribution in [0, 0.1) is 0 Å². The molecule has 0 rings (SSSR count). The summed E-state index contributed by atoms with van der Waals surface area (Å²) in [6.45, 7) is 4.13. The number of unbranched alkanes of at least 4 members (excludes halogenated alkanes) is 2. The summed E-state index contributed by atoms with van der Waals surface area (Å²) in [5, 5.41) is 2.86. The lowest BCUT2D eigenvalue weighted by molar-refractivity contribution is 0.159. The number of likely N-dealkylation sites (N-methyl/N-ethyl adjacent to an activating group) is 1. The van der Waals surface area contributed by atoms with Crippen LogP contribution in [-0.2, 0) is 4.74 Å². The topological polar surface area (TPSA) is 41.6 Å². The Hall–Kier alpha value is -0.770. The zero-order chi connectivity index (χ0) is 10.8. The average Bonchev–Trinajstić information content (AvgIpc) is 2.20. The quantitative estimate of drug-likeness (QED) is 0.635. The van der Waals surface area contributed by atoms with E-state index in [1.807, 2.05) is 0 Å². The van der Waals surface area contributed by atoms with Gasteiger partial charge in [-0.2, -0.15) is 0 Å². The zero-order valence-electron chi connectivity index (χ0n) is 9.51. The van der Waals surface area contributed by atoms with Crippen molar-refractivity contribution < 1.29 is 9.53 Å². The van der Waals surface area contributed by atoms with Crippen LogP contribution in [0.25, 0.3) is 0 Å². The van der Waals surface area contributed by atoms with Gasteiger partial charge in [0.1, 0.15) is 0 Å². The number of hydrogen-bond acceptors (Lipinski definition) is 2. The third kappa shape index (κ3) is 6.71. The molecule has 0 aromatic heterocycles. The SMILES string of the molecule is CCCCCNC(=O)N(C)CCOC. The summed E-state index contributed by atoms with van der Waals surface area (Å²) in [6.07, 6.45) is 3.40. The van der Waals surface area contributed by atoms with Gasteiger partial charge in [-0.15, -0.1) is 0 Å². The maximum atomic E-state index is 11.4. The maximum Gasteiger partial charge on any atom is 0.317 e. The van der Waals surface area contributed by atoms with Crippen molar-refractivity contribution in [1.82, 2.24) is 10.2 Å². The van der Waals surface area contributed by atoms with Gasteiger partial charge < -0.3 is 15.0 Å². The van der Waals surface area contributed by atoms with E-state index in [4.69, 9.17) is 4.74 Å². The summed E-state index contributed by atoms with van der Waals surface area (Å²) in [4.78, 5) is 13.0. The highest BCUT2D eigenvalue weighted by atomic mass is 16.5. The van der Waals surface area contributed by atoms with Crippen molar-refractivity contribution in [2.45, 2.75) is 26.2 Å². The molecule has 0 aliphatic heterocycles. The number of nitrogens with one attached hydrogen (secondary N) is 1.